The summed E-state index contributed by atoms with van der Waals surface area (Å²) in [6.45, 7) is 2.22. The van der Waals surface area contributed by atoms with Crippen LogP contribution in [0.4, 0.5) is 0 Å². The van der Waals surface area contributed by atoms with Crippen LogP contribution in [-0.4, -0.2) is 55.3 Å². The van der Waals surface area contributed by atoms with Crippen molar-refractivity contribution < 1.29 is 28.8 Å². The second kappa shape index (κ2) is 10.2. The Labute approximate surface area is 177 Å². The summed E-state index contributed by atoms with van der Waals surface area (Å²) >= 11 is 0. The van der Waals surface area contributed by atoms with Gasteiger partial charge in [0.2, 0.25) is 13.1 Å². The Morgan fingerprint density at radius 2 is 1.87 bits per heavy atom. The first-order valence-electron chi connectivity index (χ1n) is 11.0. The van der Waals surface area contributed by atoms with E-state index in [0.717, 1.165) is 55.8 Å². The summed E-state index contributed by atoms with van der Waals surface area (Å²) in [7, 11) is 0. The molecule has 164 valence electrons. The minimum atomic E-state index is -0.523. The Hall–Kier alpha value is -2.25. The third-order valence-corrected chi connectivity index (χ3v) is 5.84. The number of hydrogen-bond donors (Lipinski definition) is 1. The Bertz CT molecular complexity index is 756. The van der Waals surface area contributed by atoms with Gasteiger partial charge in [0.05, 0.1) is 6.61 Å². The molecule has 1 fully saturated rings. The van der Waals surface area contributed by atoms with Crippen molar-refractivity contribution >= 4 is 5.91 Å². The highest BCUT2D eigenvalue weighted by atomic mass is 16.7. The predicted octanol–water partition coefficient (Wildman–Crippen LogP) is 3.32. The van der Waals surface area contributed by atoms with Crippen molar-refractivity contribution in [1.29, 1.82) is 0 Å². The molecule has 0 aliphatic carbocycles. The van der Waals surface area contributed by atoms with Gasteiger partial charge in [-0.1, -0.05) is 25.3 Å². The van der Waals surface area contributed by atoms with E-state index >= 15 is 0 Å². The molecule has 3 aliphatic heterocycles. The number of benzene rings is 1. The van der Waals surface area contributed by atoms with Crippen molar-refractivity contribution in [3.05, 3.63) is 35.6 Å². The highest BCUT2D eigenvalue weighted by molar-refractivity contribution is 5.91. The maximum atomic E-state index is 13.3. The van der Waals surface area contributed by atoms with Crippen LogP contribution in [0.3, 0.4) is 0 Å². The summed E-state index contributed by atoms with van der Waals surface area (Å²) in [6.07, 6.45) is 8.16. The van der Waals surface area contributed by atoms with Gasteiger partial charge in [-0.2, -0.15) is 0 Å². The third kappa shape index (κ3) is 5.08. The molecule has 3 aliphatic rings. The molecule has 7 nitrogen and oxygen atoms in total. The van der Waals surface area contributed by atoms with Crippen LogP contribution in [-0.2, 0) is 14.3 Å². The van der Waals surface area contributed by atoms with Crippen LogP contribution in [0, 0.1) is 0 Å². The maximum absolute atomic E-state index is 13.3. The molecule has 0 saturated carbocycles. The van der Waals surface area contributed by atoms with Gasteiger partial charge in [-0.15, -0.1) is 0 Å². The van der Waals surface area contributed by atoms with Gasteiger partial charge in [0.25, 0.3) is 5.91 Å². The van der Waals surface area contributed by atoms with Crippen molar-refractivity contribution in [1.82, 2.24) is 4.90 Å². The second-order valence-corrected chi connectivity index (χ2v) is 8.04. The van der Waals surface area contributed by atoms with Gasteiger partial charge in [-0.25, -0.2) is 0 Å². The van der Waals surface area contributed by atoms with Crippen molar-refractivity contribution in [2.24, 2.45) is 0 Å². The number of nitrogens with zero attached hydrogens (tertiary/aromatic N) is 1. The molecule has 0 radical (unpaired) electrons. The van der Waals surface area contributed by atoms with E-state index in [1.807, 2.05) is 29.2 Å². The van der Waals surface area contributed by atoms with E-state index in [-0.39, 0.29) is 25.2 Å². The molecule has 3 heterocycles. The summed E-state index contributed by atoms with van der Waals surface area (Å²) in [5.74, 6) is 1.74. The summed E-state index contributed by atoms with van der Waals surface area (Å²) in [4.78, 5) is 15.2. The zero-order chi connectivity index (χ0) is 20.8. The standard InChI is InChI=1S/C23H31NO6/c25-11-6-12-27-22-15-18(17-7-8-19-20(13-17)29-16-28-19)14-21(30-22)23(26)24-9-4-2-1-3-5-10-24/h7-8,13-14,18,22,25H,1-6,9-12,15-16H2/t18-,22+/m0/s1. The van der Waals surface area contributed by atoms with Crippen molar-refractivity contribution in [2.75, 3.05) is 33.1 Å². The van der Waals surface area contributed by atoms with Gasteiger partial charge in [0.15, 0.2) is 17.3 Å². The number of carbonyl (C=O) groups excluding carboxylic acids is 1. The average molecular weight is 418 g/mol. The fourth-order valence-corrected chi connectivity index (χ4v) is 4.17. The van der Waals surface area contributed by atoms with Crippen LogP contribution in [0.1, 0.15) is 56.4 Å². The number of carbonyl (C=O) groups is 1. The van der Waals surface area contributed by atoms with E-state index in [4.69, 9.17) is 24.1 Å². The molecule has 0 bridgehead atoms. The number of hydrogen-bond acceptors (Lipinski definition) is 6. The normalized spacial score (nSPS) is 23.9. The largest absolute Gasteiger partial charge is 0.459 e. The molecule has 0 unspecified atom stereocenters. The molecule has 0 aromatic heterocycles. The lowest BCUT2D eigenvalue weighted by atomic mass is 9.92. The molecule has 30 heavy (non-hydrogen) atoms. The average Bonchev–Trinajstić information content (AvgIpc) is 3.21. The Kier molecular flexibility index (Phi) is 7.12. The van der Waals surface area contributed by atoms with Crippen LogP contribution in [0.15, 0.2) is 30.0 Å². The van der Waals surface area contributed by atoms with Crippen molar-refractivity contribution in [3.63, 3.8) is 0 Å². The number of aliphatic hydroxyl groups excluding tert-OH is 1. The number of likely N-dealkylation sites (tertiary alicyclic amines) is 1. The minimum Gasteiger partial charge on any atom is -0.459 e. The van der Waals surface area contributed by atoms with Gasteiger partial charge in [0, 0.05) is 32.0 Å². The molecule has 1 aromatic carbocycles. The van der Waals surface area contributed by atoms with E-state index in [2.05, 4.69) is 0 Å². The third-order valence-electron chi connectivity index (χ3n) is 5.84. The van der Waals surface area contributed by atoms with Gasteiger partial charge >= 0.3 is 0 Å². The first kappa shape index (κ1) is 21.0. The zero-order valence-electron chi connectivity index (χ0n) is 17.4. The summed E-state index contributed by atoms with van der Waals surface area (Å²) < 4.78 is 22.7. The smallest absolute Gasteiger partial charge is 0.288 e. The highest BCUT2D eigenvalue weighted by Gasteiger charge is 2.31. The molecule has 1 aromatic rings. The molecular weight excluding hydrogens is 386 g/mol. The van der Waals surface area contributed by atoms with Gasteiger partial charge in [0.1, 0.15) is 0 Å². The van der Waals surface area contributed by atoms with Crippen LogP contribution in [0.25, 0.3) is 0 Å². The fraction of sp³-hybridized carbons (Fsp3) is 0.609. The van der Waals surface area contributed by atoms with Crippen LogP contribution in [0.2, 0.25) is 0 Å². The number of aliphatic hydroxyl groups is 1. The van der Waals surface area contributed by atoms with Crippen LogP contribution >= 0.6 is 0 Å². The number of ether oxygens (including phenoxy) is 4. The summed E-state index contributed by atoms with van der Waals surface area (Å²) in [6, 6.07) is 5.88. The monoisotopic (exact) mass is 417 g/mol. The predicted molar refractivity (Wildman–Crippen MR) is 110 cm³/mol. The van der Waals surface area contributed by atoms with Crippen molar-refractivity contribution in [2.45, 2.75) is 57.2 Å². The van der Waals surface area contributed by atoms with Crippen LogP contribution in [0.5, 0.6) is 11.5 Å². The lowest BCUT2D eigenvalue weighted by Gasteiger charge is -2.32. The first-order valence-corrected chi connectivity index (χ1v) is 11.0. The van der Waals surface area contributed by atoms with Crippen LogP contribution < -0.4 is 9.47 Å². The number of fused-ring (bicyclic) bond motifs is 1. The van der Waals surface area contributed by atoms with Gasteiger partial charge in [-0.05, 0) is 43.0 Å². The number of rotatable bonds is 6. The minimum absolute atomic E-state index is 0.0268. The molecule has 0 spiro atoms. The highest BCUT2D eigenvalue weighted by Crippen LogP contribution is 2.38. The van der Waals surface area contributed by atoms with E-state index < -0.39 is 6.29 Å². The lowest BCUT2D eigenvalue weighted by Crippen LogP contribution is -2.38. The summed E-state index contributed by atoms with van der Waals surface area (Å²) in [5, 5.41) is 9.06. The van der Waals surface area contributed by atoms with E-state index in [1.165, 1.54) is 6.42 Å². The van der Waals surface area contributed by atoms with Crippen molar-refractivity contribution in [3.8, 4) is 11.5 Å². The Morgan fingerprint density at radius 3 is 2.67 bits per heavy atom. The Morgan fingerprint density at radius 1 is 1.10 bits per heavy atom. The lowest BCUT2D eigenvalue weighted by molar-refractivity contribution is -0.153. The first-order chi connectivity index (χ1) is 14.7. The number of allylic oxidation sites excluding steroid dienone is 1. The van der Waals surface area contributed by atoms with E-state index in [1.54, 1.807) is 0 Å². The van der Waals surface area contributed by atoms with E-state index in [9.17, 15) is 4.79 Å². The maximum Gasteiger partial charge on any atom is 0.288 e. The number of amides is 1. The van der Waals surface area contributed by atoms with Gasteiger partial charge in [-0.3, -0.25) is 4.79 Å². The molecule has 4 rings (SSSR count). The Balaban J connectivity index is 1.54. The quantitative estimate of drug-likeness (QED) is 0.716. The van der Waals surface area contributed by atoms with E-state index in [0.29, 0.717) is 25.2 Å². The molecule has 1 saturated heterocycles. The second-order valence-electron chi connectivity index (χ2n) is 8.04. The molecular formula is C23H31NO6. The topological polar surface area (TPSA) is 77.5 Å². The zero-order valence-corrected chi connectivity index (χ0v) is 17.4. The molecule has 2 atom stereocenters. The SMILES string of the molecule is O=C(C1=C[C@H](c2ccc3c(c2)OCO3)C[C@H](OCCCO)O1)N1CCCCCCC1. The molecule has 1 amide bonds. The fourth-order valence-electron chi connectivity index (χ4n) is 4.17. The molecule has 7 heteroatoms. The van der Waals surface area contributed by atoms with Gasteiger partial charge < -0.3 is 29.0 Å². The molecule has 1 N–H and O–H groups in total. The summed E-state index contributed by atoms with van der Waals surface area (Å²) in [5.41, 5.74) is 1.04.